The molecule has 144 valence electrons. The van der Waals surface area contributed by atoms with Gasteiger partial charge in [0.15, 0.2) is 5.65 Å². The van der Waals surface area contributed by atoms with Crippen LogP contribution in [0.25, 0.3) is 11.0 Å². The average Bonchev–Trinajstić information content (AvgIpc) is 3.48. The van der Waals surface area contributed by atoms with Gasteiger partial charge in [0.05, 0.1) is 10.9 Å². The third kappa shape index (κ3) is 3.11. The molecular formula is C20H19FN4O3. The number of aryl methyl sites for hydroxylation is 2. The zero-order valence-electron chi connectivity index (χ0n) is 15.5. The van der Waals surface area contributed by atoms with Gasteiger partial charge in [0.25, 0.3) is 11.5 Å². The monoisotopic (exact) mass is 382 g/mol. The number of aromatic nitrogens is 3. The summed E-state index contributed by atoms with van der Waals surface area (Å²) < 4.78 is 14.7. The van der Waals surface area contributed by atoms with E-state index in [4.69, 9.17) is 0 Å². The molecule has 8 heteroatoms. The maximum absolute atomic E-state index is 13.3. The zero-order chi connectivity index (χ0) is 20.0. The Morgan fingerprint density at radius 3 is 2.71 bits per heavy atom. The molecule has 4 rings (SSSR count). The fourth-order valence-electron chi connectivity index (χ4n) is 3.31. The van der Waals surface area contributed by atoms with Crippen molar-refractivity contribution in [3.8, 4) is 0 Å². The van der Waals surface area contributed by atoms with Crippen LogP contribution < -0.4 is 16.6 Å². The van der Waals surface area contributed by atoms with Gasteiger partial charge in [-0.2, -0.15) is 0 Å². The van der Waals surface area contributed by atoms with E-state index in [0.717, 1.165) is 12.8 Å². The Bertz CT molecular complexity index is 1220. The van der Waals surface area contributed by atoms with Crippen molar-refractivity contribution in [2.24, 2.45) is 0 Å². The summed E-state index contributed by atoms with van der Waals surface area (Å²) in [5.74, 6) is -0.677. The maximum atomic E-state index is 13.3. The molecule has 0 radical (unpaired) electrons. The quantitative estimate of drug-likeness (QED) is 0.725. The first-order valence-electron chi connectivity index (χ1n) is 9.14. The molecule has 3 aromatic rings. The molecule has 1 aliphatic carbocycles. The first kappa shape index (κ1) is 18.1. The predicted octanol–water partition coefficient (Wildman–Crippen LogP) is 2.68. The number of rotatable bonds is 4. The number of carbonyl (C=O) groups excluding carboxylic acids is 1. The summed E-state index contributed by atoms with van der Waals surface area (Å²) in [6.45, 7) is 3.76. The number of aromatic amines is 1. The minimum atomic E-state index is -0.652. The molecule has 0 atom stereocenters. The van der Waals surface area contributed by atoms with Gasteiger partial charge in [-0.1, -0.05) is 0 Å². The lowest BCUT2D eigenvalue weighted by molar-refractivity contribution is 0.102. The van der Waals surface area contributed by atoms with E-state index in [9.17, 15) is 18.8 Å². The largest absolute Gasteiger partial charge is 0.329 e. The molecule has 0 aliphatic heterocycles. The first-order valence-corrected chi connectivity index (χ1v) is 9.14. The summed E-state index contributed by atoms with van der Waals surface area (Å²) in [7, 11) is 0. The van der Waals surface area contributed by atoms with E-state index in [-0.39, 0.29) is 22.5 Å². The van der Waals surface area contributed by atoms with E-state index in [1.165, 1.54) is 22.8 Å². The summed E-state index contributed by atoms with van der Waals surface area (Å²) >= 11 is 0. The number of nitrogens with one attached hydrogen (secondary N) is 2. The molecule has 2 heterocycles. The van der Waals surface area contributed by atoms with Crippen LogP contribution in [0.15, 0.2) is 33.9 Å². The van der Waals surface area contributed by atoms with Gasteiger partial charge in [0.1, 0.15) is 5.82 Å². The Hall–Kier alpha value is -3.29. The second kappa shape index (κ2) is 6.70. The molecule has 1 aromatic carbocycles. The molecule has 1 aliphatic rings. The standard InChI is InChI=1S/C20H19FN4O3/c1-3-25-17-16(19(27)24-20(25)28)13(9-15(22-17)11-4-5-11)18(26)23-14-7-6-12(21)8-10(14)2/h6-9,11H,3-5H2,1-2H3,(H,23,26)(H,24,27,28). The summed E-state index contributed by atoms with van der Waals surface area (Å²) in [5.41, 5.74) is 0.862. The zero-order valence-corrected chi connectivity index (χ0v) is 15.5. The van der Waals surface area contributed by atoms with Crippen LogP contribution in [0.4, 0.5) is 10.1 Å². The molecule has 0 unspecified atom stereocenters. The molecule has 7 nitrogen and oxygen atoms in total. The third-order valence-electron chi connectivity index (χ3n) is 4.96. The Kier molecular flexibility index (Phi) is 4.33. The number of pyridine rings is 1. The highest BCUT2D eigenvalue weighted by atomic mass is 19.1. The number of benzene rings is 1. The summed E-state index contributed by atoms with van der Waals surface area (Å²) in [6.07, 6.45) is 1.91. The van der Waals surface area contributed by atoms with Gasteiger partial charge in [0.2, 0.25) is 0 Å². The van der Waals surface area contributed by atoms with Crippen LogP contribution in [0.2, 0.25) is 0 Å². The molecule has 1 amide bonds. The van der Waals surface area contributed by atoms with E-state index < -0.39 is 23.0 Å². The van der Waals surface area contributed by atoms with E-state index >= 15 is 0 Å². The lowest BCUT2D eigenvalue weighted by atomic mass is 10.1. The van der Waals surface area contributed by atoms with Crippen molar-refractivity contribution >= 4 is 22.6 Å². The minimum Gasteiger partial charge on any atom is -0.322 e. The number of hydrogen-bond acceptors (Lipinski definition) is 4. The van der Waals surface area contributed by atoms with Crippen LogP contribution in [0.3, 0.4) is 0 Å². The lowest BCUT2D eigenvalue weighted by Crippen LogP contribution is -2.32. The summed E-state index contributed by atoms with van der Waals surface area (Å²) in [5, 5.41) is 2.81. The van der Waals surface area contributed by atoms with Gasteiger partial charge < -0.3 is 5.32 Å². The second-order valence-electron chi connectivity index (χ2n) is 6.98. The van der Waals surface area contributed by atoms with Gasteiger partial charge in [-0.15, -0.1) is 0 Å². The topological polar surface area (TPSA) is 96.9 Å². The van der Waals surface area contributed by atoms with Crippen LogP contribution in [0, 0.1) is 12.7 Å². The van der Waals surface area contributed by atoms with Crippen molar-refractivity contribution in [2.45, 2.75) is 39.2 Å². The van der Waals surface area contributed by atoms with Gasteiger partial charge in [0, 0.05) is 23.8 Å². The van der Waals surface area contributed by atoms with Crippen molar-refractivity contribution < 1.29 is 9.18 Å². The second-order valence-corrected chi connectivity index (χ2v) is 6.98. The number of amides is 1. The Labute approximate surface area is 159 Å². The van der Waals surface area contributed by atoms with Crippen LogP contribution in [-0.4, -0.2) is 20.4 Å². The highest BCUT2D eigenvalue weighted by Crippen LogP contribution is 2.40. The number of hydrogen-bond donors (Lipinski definition) is 2. The third-order valence-corrected chi connectivity index (χ3v) is 4.96. The van der Waals surface area contributed by atoms with Crippen LogP contribution >= 0.6 is 0 Å². The molecule has 1 fully saturated rings. The maximum Gasteiger partial charge on any atom is 0.329 e. The Balaban J connectivity index is 1.91. The van der Waals surface area contributed by atoms with Gasteiger partial charge in [-0.25, -0.2) is 14.2 Å². The molecule has 0 bridgehead atoms. The van der Waals surface area contributed by atoms with Crippen LogP contribution in [-0.2, 0) is 6.54 Å². The Morgan fingerprint density at radius 2 is 2.07 bits per heavy atom. The van der Waals surface area contributed by atoms with Crippen LogP contribution in [0.1, 0.15) is 47.3 Å². The number of halogens is 1. The van der Waals surface area contributed by atoms with Gasteiger partial charge in [-0.05, 0) is 56.5 Å². The minimum absolute atomic E-state index is 0.0723. The fourth-order valence-corrected chi connectivity index (χ4v) is 3.31. The van der Waals surface area contributed by atoms with E-state index in [0.29, 0.717) is 23.5 Å². The van der Waals surface area contributed by atoms with Gasteiger partial charge >= 0.3 is 5.69 Å². The van der Waals surface area contributed by atoms with Crippen molar-refractivity contribution in [1.29, 1.82) is 0 Å². The van der Waals surface area contributed by atoms with Gasteiger partial charge in [-0.3, -0.25) is 19.1 Å². The molecule has 28 heavy (non-hydrogen) atoms. The molecule has 0 spiro atoms. The fraction of sp³-hybridized carbons (Fsp3) is 0.300. The highest BCUT2D eigenvalue weighted by Gasteiger charge is 2.28. The Morgan fingerprint density at radius 1 is 1.32 bits per heavy atom. The SMILES string of the molecule is CCn1c(=O)[nH]c(=O)c2c(C(=O)Nc3ccc(F)cc3C)cc(C3CC3)nc21. The molecular weight excluding hydrogens is 363 g/mol. The summed E-state index contributed by atoms with van der Waals surface area (Å²) in [6, 6.07) is 5.66. The smallest absolute Gasteiger partial charge is 0.322 e. The molecule has 1 saturated carbocycles. The van der Waals surface area contributed by atoms with E-state index in [1.807, 2.05) is 0 Å². The number of carbonyl (C=O) groups is 1. The normalized spacial score (nSPS) is 13.7. The molecule has 0 saturated heterocycles. The van der Waals surface area contributed by atoms with E-state index in [2.05, 4.69) is 15.3 Å². The number of H-pyrrole nitrogens is 1. The molecule has 2 aromatic heterocycles. The average molecular weight is 382 g/mol. The van der Waals surface area contributed by atoms with Crippen molar-refractivity contribution in [3.63, 3.8) is 0 Å². The predicted molar refractivity (Wildman–Crippen MR) is 103 cm³/mol. The lowest BCUT2D eigenvalue weighted by Gasteiger charge is -2.13. The van der Waals surface area contributed by atoms with Crippen molar-refractivity contribution in [2.75, 3.05) is 5.32 Å². The number of nitrogens with zero attached hydrogens (tertiary/aromatic N) is 2. The molecule has 2 N–H and O–H groups in total. The summed E-state index contributed by atoms with van der Waals surface area (Å²) in [4.78, 5) is 44.5. The van der Waals surface area contributed by atoms with Crippen LogP contribution in [0.5, 0.6) is 0 Å². The van der Waals surface area contributed by atoms with Crippen molar-refractivity contribution in [3.05, 3.63) is 67.7 Å². The first-order chi connectivity index (χ1) is 13.4. The highest BCUT2D eigenvalue weighted by molar-refractivity contribution is 6.12. The van der Waals surface area contributed by atoms with E-state index in [1.54, 1.807) is 19.9 Å². The number of anilines is 1. The number of fused-ring (bicyclic) bond motifs is 1. The van der Waals surface area contributed by atoms with Crippen molar-refractivity contribution in [1.82, 2.24) is 14.5 Å².